The number of halogens is 1. The molecule has 0 aliphatic rings. The van der Waals surface area contributed by atoms with Crippen LogP contribution in [0.3, 0.4) is 0 Å². The number of carboxylic acids is 1. The normalized spacial score (nSPS) is 12.2. The minimum Gasteiger partial charge on any atom is -0.481 e. The lowest BCUT2D eigenvalue weighted by atomic mass is 10.00. The quantitative estimate of drug-likeness (QED) is 0.823. The van der Waals surface area contributed by atoms with E-state index < -0.39 is 11.3 Å². The van der Waals surface area contributed by atoms with E-state index in [9.17, 15) is 9.59 Å². The van der Waals surface area contributed by atoms with Gasteiger partial charge in [0.25, 0.3) is 0 Å². The van der Waals surface area contributed by atoms with Gasteiger partial charge >= 0.3 is 5.97 Å². The van der Waals surface area contributed by atoms with Gasteiger partial charge in [0.1, 0.15) is 5.38 Å². The van der Waals surface area contributed by atoms with Crippen molar-refractivity contribution in [1.82, 2.24) is 0 Å². The van der Waals surface area contributed by atoms with Crippen molar-refractivity contribution in [1.29, 1.82) is 0 Å². The first-order chi connectivity index (χ1) is 7.41. The Bertz CT molecular complexity index is 426. The SMILES string of the molecule is CC(=O)C(Cl)c1ccc(CC(=O)O)c(C)c1. The second-order valence-electron chi connectivity index (χ2n) is 3.73. The van der Waals surface area contributed by atoms with Crippen LogP contribution in [0.15, 0.2) is 18.2 Å². The average molecular weight is 241 g/mol. The molecule has 0 spiro atoms. The summed E-state index contributed by atoms with van der Waals surface area (Å²) in [6.45, 7) is 3.24. The van der Waals surface area contributed by atoms with E-state index in [0.29, 0.717) is 5.56 Å². The Morgan fingerprint density at radius 2 is 2.06 bits per heavy atom. The average Bonchev–Trinajstić information content (AvgIpc) is 2.19. The van der Waals surface area contributed by atoms with Crippen molar-refractivity contribution in [2.45, 2.75) is 25.6 Å². The third-order valence-electron chi connectivity index (χ3n) is 2.36. The van der Waals surface area contributed by atoms with Gasteiger partial charge in [-0.1, -0.05) is 18.2 Å². The molecule has 16 heavy (non-hydrogen) atoms. The Morgan fingerprint density at radius 3 is 2.50 bits per heavy atom. The second kappa shape index (κ2) is 5.12. The lowest BCUT2D eigenvalue weighted by molar-refractivity contribution is -0.136. The van der Waals surface area contributed by atoms with Crippen LogP contribution in [0.2, 0.25) is 0 Å². The maximum Gasteiger partial charge on any atom is 0.307 e. The monoisotopic (exact) mass is 240 g/mol. The number of hydrogen-bond acceptors (Lipinski definition) is 2. The van der Waals surface area contributed by atoms with Gasteiger partial charge in [-0.25, -0.2) is 0 Å². The number of alkyl halides is 1. The number of carbonyl (C=O) groups is 2. The minimum absolute atomic E-state index is 0.0147. The van der Waals surface area contributed by atoms with E-state index in [0.717, 1.165) is 11.1 Å². The molecule has 1 unspecified atom stereocenters. The lowest BCUT2D eigenvalue weighted by Gasteiger charge is -2.09. The molecule has 0 radical (unpaired) electrons. The van der Waals surface area contributed by atoms with E-state index in [2.05, 4.69) is 0 Å². The first kappa shape index (κ1) is 12.7. The summed E-state index contributed by atoms with van der Waals surface area (Å²) in [5.74, 6) is -0.989. The third kappa shape index (κ3) is 3.07. The number of benzene rings is 1. The van der Waals surface area contributed by atoms with Crippen molar-refractivity contribution in [3.05, 3.63) is 34.9 Å². The standard InChI is InChI=1S/C12H13ClO3/c1-7-5-10(12(13)8(2)14)4-3-9(7)6-11(15)16/h3-5,12H,6H2,1-2H3,(H,15,16). The molecule has 0 bridgehead atoms. The molecule has 0 aromatic heterocycles. The first-order valence-electron chi connectivity index (χ1n) is 4.87. The highest BCUT2D eigenvalue weighted by atomic mass is 35.5. The largest absolute Gasteiger partial charge is 0.481 e. The summed E-state index contributed by atoms with van der Waals surface area (Å²) in [7, 11) is 0. The Kier molecular flexibility index (Phi) is 4.07. The first-order valence-corrected chi connectivity index (χ1v) is 5.31. The topological polar surface area (TPSA) is 54.4 Å². The molecular weight excluding hydrogens is 228 g/mol. The predicted octanol–water partition coefficient (Wildman–Crippen LogP) is 2.49. The summed E-state index contributed by atoms with van der Waals surface area (Å²) >= 11 is 5.91. The van der Waals surface area contributed by atoms with Crippen LogP contribution in [0, 0.1) is 6.92 Å². The van der Waals surface area contributed by atoms with Gasteiger partial charge in [-0.2, -0.15) is 0 Å². The molecule has 1 rings (SSSR count). The summed E-state index contributed by atoms with van der Waals surface area (Å²) in [5, 5.41) is 8.02. The Hall–Kier alpha value is -1.35. The van der Waals surface area contributed by atoms with E-state index in [1.807, 2.05) is 6.92 Å². The zero-order valence-corrected chi connectivity index (χ0v) is 9.91. The van der Waals surface area contributed by atoms with Gasteiger partial charge in [-0.05, 0) is 30.5 Å². The molecule has 0 fully saturated rings. The number of ketones is 1. The molecule has 0 saturated carbocycles. The number of rotatable bonds is 4. The molecule has 3 nitrogen and oxygen atoms in total. The molecule has 1 N–H and O–H groups in total. The zero-order chi connectivity index (χ0) is 12.3. The molecule has 1 aromatic rings. The lowest BCUT2D eigenvalue weighted by Crippen LogP contribution is -2.05. The summed E-state index contributed by atoms with van der Waals surface area (Å²) < 4.78 is 0. The maximum absolute atomic E-state index is 11.1. The molecule has 0 saturated heterocycles. The number of Topliss-reactive ketones (excluding diaryl/α,β-unsaturated/α-hetero) is 1. The van der Waals surface area contributed by atoms with Crippen LogP contribution in [0.25, 0.3) is 0 Å². The molecule has 1 atom stereocenters. The van der Waals surface area contributed by atoms with Crippen molar-refractivity contribution in [3.8, 4) is 0 Å². The molecule has 86 valence electrons. The van der Waals surface area contributed by atoms with E-state index in [-0.39, 0.29) is 12.2 Å². The highest BCUT2D eigenvalue weighted by Crippen LogP contribution is 2.23. The molecule has 0 heterocycles. The van der Waals surface area contributed by atoms with E-state index in [4.69, 9.17) is 16.7 Å². The number of hydrogen-bond donors (Lipinski definition) is 1. The molecule has 0 amide bonds. The van der Waals surface area contributed by atoms with Crippen molar-refractivity contribution < 1.29 is 14.7 Å². The van der Waals surface area contributed by atoms with Crippen LogP contribution >= 0.6 is 11.6 Å². The summed E-state index contributed by atoms with van der Waals surface area (Å²) in [4.78, 5) is 21.7. The molecule has 0 aliphatic heterocycles. The summed E-state index contributed by atoms with van der Waals surface area (Å²) in [6, 6.07) is 5.17. The van der Waals surface area contributed by atoms with Crippen LogP contribution in [-0.2, 0) is 16.0 Å². The molecule has 0 aliphatic carbocycles. The van der Waals surface area contributed by atoms with Gasteiger partial charge in [-0.3, -0.25) is 9.59 Å². The Morgan fingerprint density at radius 1 is 1.44 bits per heavy atom. The summed E-state index contributed by atoms with van der Waals surface area (Å²) in [5.41, 5.74) is 2.29. The molecule has 1 aromatic carbocycles. The maximum atomic E-state index is 11.1. The third-order valence-corrected chi connectivity index (χ3v) is 2.92. The Labute approximate surface area is 99.0 Å². The van der Waals surface area contributed by atoms with Gasteiger partial charge < -0.3 is 5.11 Å². The van der Waals surface area contributed by atoms with Crippen LogP contribution < -0.4 is 0 Å². The van der Waals surface area contributed by atoms with Gasteiger partial charge in [0, 0.05) is 0 Å². The minimum atomic E-state index is -0.871. The van der Waals surface area contributed by atoms with Crippen LogP contribution in [0.5, 0.6) is 0 Å². The summed E-state index contributed by atoms with van der Waals surface area (Å²) in [6.07, 6.45) is -0.0147. The van der Waals surface area contributed by atoms with Gasteiger partial charge in [0.15, 0.2) is 5.78 Å². The highest BCUT2D eigenvalue weighted by molar-refractivity contribution is 6.30. The second-order valence-corrected chi connectivity index (χ2v) is 4.17. The highest BCUT2D eigenvalue weighted by Gasteiger charge is 2.14. The van der Waals surface area contributed by atoms with E-state index in [1.54, 1.807) is 18.2 Å². The molecular formula is C12H13ClO3. The van der Waals surface area contributed by atoms with Gasteiger partial charge in [0.05, 0.1) is 6.42 Å². The van der Waals surface area contributed by atoms with Gasteiger partial charge in [-0.15, -0.1) is 11.6 Å². The van der Waals surface area contributed by atoms with E-state index in [1.165, 1.54) is 6.92 Å². The fraction of sp³-hybridized carbons (Fsp3) is 0.333. The van der Waals surface area contributed by atoms with Gasteiger partial charge in [0.2, 0.25) is 0 Å². The number of aliphatic carboxylic acids is 1. The van der Waals surface area contributed by atoms with Crippen molar-refractivity contribution >= 4 is 23.4 Å². The van der Waals surface area contributed by atoms with Crippen molar-refractivity contribution in [3.63, 3.8) is 0 Å². The van der Waals surface area contributed by atoms with Crippen LogP contribution in [0.4, 0.5) is 0 Å². The number of carboxylic acid groups (broad SMARTS) is 1. The number of carbonyl (C=O) groups excluding carboxylic acids is 1. The van der Waals surface area contributed by atoms with Crippen molar-refractivity contribution in [2.75, 3.05) is 0 Å². The van der Waals surface area contributed by atoms with Crippen LogP contribution in [-0.4, -0.2) is 16.9 Å². The van der Waals surface area contributed by atoms with E-state index >= 15 is 0 Å². The smallest absolute Gasteiger partial charge is 0.307 e. The Balaban J connectivity index is 2.99. The fourth-order valence-electron chi connectivity index (χ4n) is 1.47. The van der Waals surface area contributed by atoms with Crippen LogP contribution in [0.1, 0.15) is 29.0 Å². The van der Waals surface area contributed by atoms with Crippen molar-refractivity contribution in [2.24, 2.45) is 0 Å². The fourth-order valence-corrected chi connectivity index (χ4v) is 1.61. The molecule has 4 heteroatoms. The number of aryl methyl sites for hydroxylation is 1. The zero-order valence-electron chi connectivity index (χ0n) is 9.16. The predicted molar refractivity (Wildman–Crippen MR) is 61.8 cm³/mol.